The molecule has 1 heterocycles. The van der Waals surface area contributed by atoms with Gasteiger partial charge in [0.2, 0.25) is 5.91 Å². The van der Waals surface area contributed by atoms with E-state index >= 15 is 0 Å². The second kappa shape index (κ2) is 7.25. The predicted molar refractivity (Wildman–Crippen MR) is 94.2 cm³/mol. The molecule has 2 amide bonds. The first-order valence-corrected chi connectivity index (χ1v) is 8.00. The van der Waals surface area contributed by atoms with Crippen molar-refractivity contribution in [1.82, 2.24) is 5.32 Å². The van der Waals surface area contributed by atoms with Gasteiger partial charge in [0, 0.05) is 30.3 Å². The summed E-state index contributed by atoms with van der Waals surface area (Å²) in [6.07, 6.45) is 0.280. The Kier molecular flexibility index (Phi) is 4.88. The van der Waals surface area contributed by atoms with Gasteiger partial charge in [0.05, 0.1) is 20.3 Å². The van der Waals surface area contributed by atoms with Gasteiger partial charge in [-0.2, -0.15) is 0 Å². The van der Waals surface area contributed by atoms with Gasteiger partial charge in [-0.3, -0.25) is 9.59 Å². The standard InChI is InChI=1S/C19H20N2O4/c1-24-16-8-13(9-17(11-16)25-2)19(23)20-14-10-18(22)21(12-14)15-6-4-3-5-7-15/h3-9,11,14H,10,12H2,1-2H3,(H,20,23). The molecule has 1 atom stereocenters. The molecule has 0 aromatic heterocycles. The molecule has 6 nitrogen and oxygen atoms in total. The molecule has 0 saturated carbocycles. The predicted octanol–water partition coefficient (Wildman–Crippen LogP) is 2.24. The molecular formula is C19H20N2O4. The molecule has 2 aromatic rings. The quantitative estimate of drug-likeness (QED) is 0.906. The van der Waals surface area contributed by atoms with Crippen LogP contribution in [-0.4, -0.2) is 38.6 Å². The maximum absolute atomic E-state index is 12.5. The zero-order chi connectivity index (χ0) is 17.8. The van der Waals surface area contributed by atoms with E-state index in [1.54, 1.807) is 23.1 Å². The molecule has 2 aromatic carbocycles. The van der Waals surface area contributed by atoms with Crippen molar-refractivity contribution in [2.24, 2.45) is 0 Å². The largest absolute Gasteiger partial charge is 0.497 e. The SMILES string of the molecule is COc1cc(OC)cc(C(=O)NC2CC(=O)N(c3ccccc3)C2)c1. The third kappa shape index (κ3) is 3.74. The molecule has 130 valence electrons. The Labute approximate surface area is 146 Å². The minimum atomic E-state index is -0.259. The van der Waals surface area contributed by atoms with Gasteiger partial charge in [-0.15, -0.1) is 0 Å². The number of carbonyl (C=O) groups is 2. The van der Waals surface area contributed by atoms with Crippen molar-refractivity contribution in [3.8, 4) is 11.5 Å². The number of nitrogens with zero attached hydrogens (tertiary/aromatic N) is 1. The fourth-order valence-corrected chi connectivity index (χ4v) is 2.87. The van der Waals surface area contributed by atoms with E-state index in [2.05, 4.69) is 5.32 Å². The van der Waals surface area contributed by atoms with Gasteiger partial charge in [0.15, 0.2) is 0 Å². The van der Waals surface area contributed by atoms with Gasteiger partial charge in [-0.05, 0) is 24.3 Å². The minimum absolute atomic E-state index is 0.000257. The number of methoxy groups -OCH3 is 2. The van der Waals surface area contributed by atoms with E-state index in [4.69, 9.17) is 9.47 Å². The van der Waals surface area contributed by atoms with E-state index in [1.807, 2.05) is 30.3 Å². The Bertz CT molecular complexity index is 754. The van der Waals surface area contributed by atoms with Crippen LogP contribution in [0.1, 0.15) is 16.8 Å². The highest BCUT2D eigenvalue weighted by molar-refractivity contribution is 5.99. The maximum atomic E-state index is 12.5. The van der Waals surface area contributed by atoms with Gasteiger partial charge < -0.3 is 19.7 Å². The molecule has 1 aliphatic rings. The molecule has 25 heavy (non-hydrogen) atoms. The van der Waals surface area contributed by atoms with Crippen LogP contribution in [0.4, 0.5) is 5.69 Å². The molecule has 0 radical (unpaired) electrons. The number of benzene rings is 2. The summed E-state index contributed by atoms with van der Waals surface area (Å²) in [6, 6.07) is 14.2. The Morgan fingerprint density at radius 3 is 2.32 bits per heavy atom. The molecule has 1 N–H and O–H groups in total. The number of anilines is 1. The first kappa shape index (κ1) is 16.8. The number of hydrogen-bond acceptors (Lipinski definition) is 4. The van der Waals surface area contributed by atoms with Crippen molar-refractivity contribution in [3.05, 3.63) is 54.1 Å². The lowest BCUT2D eigenvalue weighted by atomic mass is 10.1. The molecule has 3 rings (SSSR count). The lowest BCUT2D eigenvalue weighted by Gasteiger charge is -2.17. The van der Waals surface area contributed by atoms with Gasteiger partial charge >= 0.3 is 0 Å². The van der Waals surface area contributed by atoms with Gasteiger partial charge in [0.1, 0.15) is 11.5 Å². The van der Waals surface area contributed by atoms with Crippen molar-refractivity contribution >= 4 is 17.5 Å². The topological polar surface area (TPSA) is 67.9 Å². The van der Waals surface area contributed by atoms with Crippen molar-refractivity contribution in [1.29, 1.82) is 0 Å². The molecular weight excluding hydrogens is 320 g/mol. The maximum Gasteiger partial charge on any atom is 0.251 e. The Hall–Kier alpha value is -3.02. The lowest BCUT2D eigenvalue weighted by molar-refractivity contribution is -0.117. The number of amides is 2. The molecule has 0 aliphatic carbocycles. The van der Waals surface area contributed by atoms with E-state index in [1.165, 1.54) is 14.2 Å². The van der Waals surface area contributed by atoms with Crippen LogP contribution in [0.5, 0.6) is 11.5 Å². The molecule has 0 spiro atoms. The van der Waals surface area contributed by atoms with E-state index in [9.17, 15) is 9.59 Å². The Morgan fingerprint density at radius 1 is 1.08 bits per heavy atom. The Balaban J connectivity index is 1.71. The van der Waals surface area contributed by atoms with E-state index in [0.717, 1.165) is 5.69 Å². The van der Waals surface area contributed by atoms with Crippen LogP contribution >= 0.6 is 0 Å². The van der Waals surface area contributed by atoms with E-state index in [-0.39, 0.29) is 24.3 Å². The monoisotopic (exact) mass is 340 g/mol. The van der Waals surface area contributed by atoms with Crippen LogP contribution < -0.4 is 19.7 Å². The van der Waals surface area contributed by atoms with Crippen LogP contribution in [0, 0.1) is 0 Å². The number of para-hydroxylation sites is 1. The fourth-order valence-electron chi connectivity index (χ4n) is 2.87. The summed E-state index contributed by atoms with van der Waals surface area (Å²) in [5, 5.41) is 2.92. The summed E-state index contributed by atoms with van der Waals surface area (Å²) in [7, 11) is 3.06. The van der Waals surface area contributed by atoms with Crippen molar-refractivity contribution in [2.45, 2.75) is 12.5 Å². The average molecular weight is 340 g/mol. The number of carbonyl (C=O) groups excluding carboxylic acids is 2. The number of ether oxygens (including phenoxy) is 2. The number of nitrogens with one attached hydrogen (secondary N) is 1. The normalized spacial score (nSPS) is 16.6. The first-order valence-electron chi connectivity index (χ1n) is 8.00. The highest BCUT2D eigenvalue weighted by atomic mass is 16.5. The zero-order valence-electron chi connectivity index (χ0n) is 14.2. The van der Waals surface area contributed by atoms with Gasteiger partial charge in [-0.1, -0.05) is 18.2 Å². The van der Waals surface area contributed by atoms with Crippen molar-refractivity contribution < 1.29 is 19.1 Å². The Morgan fingerprint density at radius 2 is 1.72 bits per heavy atom. The zero-order valence-corrected chi connectivity index (χ0v) is 14.2. The number of hydrogen-bond donors (Lipinski definition) is 1. The van der Waals surface area contributed by atoms with Crippen LogP contribution in [0.3, 0.4) is 0 Å². The average Bonchev–Trinajstić information content (AvgIpc) is 3.02. The molecule has 1 saturated heterocycles. The molecule has 1 aliphatic heterocycles. The van der Waals surface area contributed by atoms with Crippen molar-refractivity contribution in [3.63, 3.8) is 0 Å². The highest BCUT2D eigenvalue weighted by Gasteiger charge is 2.31. The second-order valence-corrected chi connectivity index (χ2v) is 5.82. The summed E-state index contributed by atoms with van der Waals surface area (Å²) >= 11 is 0. The highest BCUT2D eigenvalue weighted by Crippen LogP contribution is 2.24. The number of rotatable bonds is 5. The van der Waals surface area contributed by atoms with Gasteiger partial charge in [-0.25, -0.2) is 0 Å². The molecule has 1 fully saturated rings. The molecule has 1 unspecified atom stereocenters. The molecule has 6 heteroatoms. The third-order valence-electron chi connectivity index (χ3n) is 4.14. The first-order chi connectivity index (χ1) is 12.1. The summed E-state index contributed by atoms with van der Waals surface area (Å²) in [5.74, 6) is 0.820. The van der Waals surface area contributed by atoms with Crippen LogP contribution in [-0.2, 0) is 4.79 Å². The fraction of sp³-hybridized carbons (Fsp3) is 0.263. The van der Waals surface area contributed by atoms with Crippen LogP contribution in [0.25, 0.3) is 0 Å². The molecule has 0 bridgehead atoms. The van der Waals surface area contributed by atoms with Crippen molar-refractivity contribution in [2.75, 3.05) is 25.7 Å². The second-order valence-electron chi connectivity index (χ2n) is 5.82. The summed E-state index contributed by atoms with van der Waals surface area (Å²) in [4.78, 5) is 26.5. The van der Waals surface area contributed by atoms with E-state index < -0.39 is 0 Å². The van der Waals surface area contributed by atoms with Crippen LogP contribution in [0.2, 0.25) is 0 Å². The lowest BCUT2D eigenvalue weighted by Crippen LogP contribution is -2.37. The van der Waals surface area contributed by atoms with Crippen LogP contribution in [0.15, 0.2) is 48.5 Å². The minimum Gasteiger partial charge on any atom is -0.497 e. The third-order valence-corrected chi connectivity index (χ3v) is 4.14. The van der Waals surface area contributed by atoms with Gasteiger partial charge in [0.25, 0.3) is 5.91 Å². The smallest absolute Gasteiger partial charge is 0.251 e. The summed E-state index contributed by atoms with van der Waals surface area (Å²) < 4.78 is 10.4. The van der Waals surface area contributed by atoms with E-state index in [0.29, 0.717) is 23.6 Å². The summed E-state index contributed by atoms with van der Waals surface area (Å²) in [6.45, 7) is 0.454. The summed E-state index contributed by atoms with van der Waals surface area (Å²) in [5.41, 5.74) is 1.27.